The highest BCUT2D eigenvalue weighted by Crippen LogP contribution is 2.49. The lowest BCUT2D eigenvalue weighted by atomic mass is 9.90. The number of amides is 1. The monoisotopic (exact) mass is 249 g/mol. The van der Waals surface area contributed by atoms with Crippen LogP contribution in [0.1, 0.15) is 38.5 Å². The molecule has 4 fully saturated rings. The van der Waals surface area contributed by atoms with Gasteiger partial charge in [0.2, 0.25) is 5.91 Å². The van der Waals surface area contributed by atoms with Gasteiger partial charge in [0.15, 0.2) is 5.78 Å². The van der Waals surface area contributed by atoms with Gasteiger partial charge in [0.1, 0.15) is 11.7 Å². The molecule has 0 N–H and O–H groups in total. The van der Waals surface area contributed by atoms with Crippen molar-refractivity contribution in [3.63, 3.8) is 0 Å². The van der Waals surface area contributed by atoms with Crippen LogP contribution in [-0.4, -0.2) is 41.4 Å². The molecule has 0 aromatic heterocycles. The maximum atomic E-state index is 12.0. The Morgan fingerprint density at radius 2 is 1.61 bits per heavy atom. The highest BCUT2D eigenvalue weighted by atomic mass is 16.6. The van der Waals surface area contributed by atoms with Gasteiger partial charge < -0.3 is 9.64 Å². The quantitative estimate of drug-likeness (QED) is 0.705. The van der Waals surface area contributed by atoms with Gasteiger partial charge in [0.25, 0.3) is 0 Å². The Kier molecular flexibility index (Phi) is 2.17. The molecule has 0 bridgehead atoms. The molecule has 2 saturated heterocycles. The number of carbonyl (C=O) groups is 2. The summed E-state index contributed by atoms with van der Waals surface area (Å²) in [6.07, 6.45) is 5.83. The molecule has 18 heavy (non-hydrogen) atoms. The predicted octanol–water partition coefficient (Wildman–Crippen LogP) is 1.14. The molecule has 4 aliphatic rings. The van der Waals surface area contributed by atoms with Crippen molar-refractivity contribution in [3.05, 3.63) is 0 Å². The molecule has 98 valence electrons. The zero-order valence-corrected chi connectivity index (χ0v) is 10.6. The number of piperidine rings is 1. The fourth-order valence-corrected chi connectivity index (χ4v) is 3.17. The van der Waals surface area contributed by atoms with Gasteiger partial charge in [0, 0.05) is 24.9 Å². The van der Waals surface area contributed by atoms with E-state index in [2.05, 4.69) is 0 Å². The first kappa shape index (κ1) is 11.0. The largest absolute Gasteiger partial charge is 0.358 e. The molecular weight excluding hydrogens is 230 g/mol. The van der Waals surface area contributed by atoms with Crippen LogP contribution in [0.2, 0.25) is 0 Å². The van der Waals surface area contributed by atoms with Gasteiger partial charge in [0.05, 0.1) is 0 Å². The number of epoxide rings is 1. The lowest BCUT2D eigenvalue weighted by Crippen LogP contribution is -2.43. The molecule has 1 amide bonds. The molecule has 2 saturated carbocycles. The maximum absolute atomic E-state index is 12.0. The molecular formula is C14H19NO3. The lowest BCUT2D eigenvalue weighted by Gasteiger charge is -2.30. The summed E-state index contributed by atoms with van der Waals surface area (Å²) in [7, 11) is 0. The van der Waals surface area contributed by atoms with Crippen molar-refractivity contribution < 1.29 is 14.3 Å². The Bertz CT molecular complexity index is 403. The molecule has 1 spiro atoms. The first-order chi connectivity index (χ1) is 8.70. The molecule has 2 heterocycles. The van der Waals surface area contributed by atoms with Crippen LogP contribution in [0.25, 0.3) is 0 Å². The van der Waals surface area contributed by atoms with E-state index in [-0.39, 0.29) is 11.7 Å². The number of nitrogens with zero attached hydrogens (tertiary/aromatic N) is 1. The highest BCUT2D eigenvalue weighted by Gasteiger charge is 2.63. The minimum Gasteiger partial charge on any atom is -0.358 e. The molecule has 4 heteroatoms. The van der Waals surface area contributed by atoms with Crippen LogP contribution in [0.5, 0.6) is 0 Å². The first-order valence-corrected chi connectivity index (χ1v) is 7.20. The first-order valence-electron chi connectivity index (χ1n) is 7.20. The third kappa shape index (κ3) is 1.69. The van der Waals surface area contributed by atoms with Crippen molar-refractivity contribution in [2.24, 2.45) is 11.8 Å². The summed E-state index contributed by atoms with van der Waals surface area (Å²) >= 11 is 0. The number of Topliss-reactive ketones (excluding diaryl/α,β-unsaturated/α-hetero) is 1. The predicted molar refractivity (Wildman–Crippen MR) is 63.9 cm³/mol. The molecule has 0 aromatic rings. The average molecular weight is 249 g/mol. The summed E-state index contributed by atoms with van der Waals surface area (Å²) in [5.74, 6) is 1.26. The van der Waals surface area contributed by atoms with Crippen LogP contribution in [0.3, 0.4) is 0 Å². The summed E-state index contributed by atoms with van der Waals surface area (Å²) in [5.41, 5.74) is -0.181. The molecule has 2 aliphatic carbocycles. The van der Waals surface area contributed by atoms with E-state index in [0.29, 0.717) is 23.5 Å². The van der Waals surface area contributed by atoms with Crippen molar-refractivity contribution in [2.45, 2.75) is 50.2 Å². The Hall–Kier alpha value is -0.900. The van der Waals surface area contributed by atoms with Gasteiger partial charge in [-0.05, 0) is 38.5 Å². The van der Waals surface area contributed by atoms with Crippen LogP contribution in [0.4, 0.5) is 0 Å². The van der Waals surface area contributed by atoms with Crippen molar-refractivity contribution in [1.82, 2.24) is 4.90 Å². The number of rotatable bonds is 3. The van der Waals surface area contributed by atoms with E-state index < -0.39 is 0 Å². The molecule has 2 aliphatic heterocycles. The Morgan fingerprint density at radius 3 is 2.17 bits per heavy atom. The maximum Gasteiger partial charge on any atom is 0.225 e. The smallest absolute Gasteiger partial charge is 0.225 e. The number of hydrogen-bond donors (Lipinski definition) is 0. The minimum absolute atomic E-state index is 0.136. The molecule has 4 rings (SSSR count). The van der Waals surface area contributed by atoms with Crippen molar-refractivity contribution in [2.75, 3.05) is 13.1 Å². The second-order valence-electron chi connectivity index (χ2n) is 6.34. The van der Waals surface area contributed by atoms with Crippen molar-refractivity contribution in [1.29, 1.82) is 0 Å². The van der Waals surface area contributed by atoms with Crippen molar-refractivity contribution >= 4 is 11.7 Å². The van der Waals surface area contributed by atoms with Gasteiger partial charge in [-0.3, -0.25) is 9.59 Å². The fraction of sp³-hybridized carbons (Fsp3) is 0.857. The van der Waals surface area contributed by atoms with Crippen LogP contribution in [0.15, 0.2) is 0 Å². The normalized spacial score (nSPS) is 33.6. The van der Waals surface area contributed by atoms with Crippen LogP contribution in [0, 0.1) is 11.8 Å². The van der Waals surface area contributed by atoms with Gasteiger partial charge in [-0.15, -0.1) is 0 Å². The second-order valence-corrected chi connectivity index (χ2v) is 6.34. The van der Waals surface area contributed by atoms with E-state index in [1.807, 2.05) is 4.90 Å². The Balaban J connectivity index is 1.35. The highest BCUT2D eigenvalue weighted by molar-refractivity contribution is 5.91. The number of hydrogen-bond acceptors (Lipinski definition) is 3. The van der Waals surface area contributed by atoms with E-state index >= 15 is 0 Å². The third-order valence-corrected chi connectivity index (χ3v) is 4.86. The van der Waals surface area contributed by atoms with E-state index in [0.717, 1.165) is 51.6 Å². The minimum atomic E-state index is -0.181. The number of carbonyl (C=O) groups excluding carboxylic acids is 2. The van der Waals surface area contributed by atoms with E-state index in [4.69, 9.17) is 4.74 Å². The van der Waals surface area contributed by atoms with E-state index in [9.17, 15) is 9.59 Å². The lowest BCUT2D eigenvalue weighted by molar-refractivity contribution is -0.134. The molecule has 0 radical (unpaired) electrons. The SMILES string of the molecule is O=C(C1CC1)C1OC12CCN(C(=O)C1CC1)CC2. The standard InChI is InChI=1S/C14H19NO3/c16-11(9-1-2-9)12-14(18-12)5-7-15(8-6-14)13(17)10-3-4-10/h9-10,12H,1-8H2. The number of likely N-dealkylation sites (tertiary alicyclic amines) is 1. The Morgan fingerprint density at radius 1 is 1.00 bits per heavy atom. The van der Waals surface area contributed by atoms with Gasteiger partial charge in [-0.25, -0.2) is 0 Å². The van der Waals surface area contributed by atoms with Gasteiger partial charge in [-0.1, -0.05) is 0 Å². The summed E-state index contributed by atoms with van der Waals surface area (Å²) in [5, 5.41) is 0. The molecule has 0 aromatic carbocycles. The average Bonchev–Trinajstić information content (AvgIpc) is 3.26. The zero-order valence-electron chi connectivity index (χ0n) is 10.6. The van der Waals surface area contributed by atoms with Crippen molar-refractivity contribution in [3.8, 4) is 0 Å². The topological polar surface area (TPSA) is 49.9 Å². The third-order valence-electron chi connectivity index (χ3n) is 4.86. The summed E-state index contributed by atoms with van der Waals surface area (Å²) in [6, 6.07) is 0. The van der Waals surface area contributed by atoms with E-state index in [1.165, 1.54) is 0 Å². The molecule has 4 nitrogen and oxygen atoms in total. The van der Waals surface area contributed by atoms with Crippen LogP contribution >= 0.6 is 0 Å². The van der Waals surface area contributed by atoms with Gasteiger partial charge >= 0.3 is 0 Å². The number of ether oxygens (including phenoxy) is 1. The molecule has 1 atom stereocenters. The summed E-state index contributed by atoms with van der Waals surface area (Å²) in [6.45, 7) is 1.56. The van der Waals surface area contributed by atoms with Gasteiger partial charge in [-0.2, -0.15) is 0 Å². The zero-order chi connectivity index (χ0) is 12.3. The Labute approximate surface area is 107 Å². The molecule has 1 unspecified atom stereocenters. The second kappa shape index (κ2) is 3.56. The number of ketones is 1. The fourth-order valence-electron chi connectivity index (χ4n) is 3.17. The van der Waals surface area contributed by atoms with Crippen LogP contribution < -0.4 is 0 Å². The summed E-state index contributed by atoms with van der Waals surface area (Å²) < 4.78 is 5.73. The van der Waals surface area contributed by atoms with E-state index in [1.54, 1.807) is 0 Å². The summed E-state index contributed by atoms with van der Waals surface area (Å²) in [4.78, 5) is 25.9. The van der Waals surface area contributed by atoms with Crippen LogP contribution in [-0.2, 0) is 14.3 Å².